The van der Waals surface area contributed by atoms with Crippen LogP contribution in [-0.4, -0.2) is 32.8 Å². The fourth-order valence-electron chi connectivity index (χ4n) is 1.41. The van der Waals surface area contributed by atoms with Crippen molar-refractivity contribution in [3.05, 3.63) is 29.8 Å². The number of rotatable bonds is 7. The van der Waals surface area contributed by atoms with Crippen LogP contribution < -0.4 is 10.1 Å². The molecule has 0 aromatic heterocycles. The highest BCUT2D eigenvalue weighted by molar-refractivity contribution is 7.91. The molecule has 0 amide bonds. The molecule has 0 atom stereocenters. The lowest BCUT2D eigenvalue weighted by atomic mass is 10.2. The van der Waals surface area contributed by atoms with Gasteiger partial charge in [-0.25, -0.2) is 8.42 Å². The zero-order chi connectivity index (χ0) is 15.2. The summed E-state index contributed by atoms with van der Waals surface area (Å²) in [6.45, 7) is 2.26. The summed E-state index contributed by atoms with van der Waals surface area (Å²) in [6.07, 6.45) is -4.70. The van der Waals surface area contributed by atoms with Crippen molar-refractivity contribution in [1.29, 1.82) is 0 Å². The van der Waals surface area contributed by atoms with Crippen LogP contribution in [0.5, 0.6) is 5.75 Å². The molecule has 0 fully saturated rings. The summed E-state index contributed by atoms with van der Waals surface area (Å²) < 4.78 is 62.0. The molecule has 0 saturated heterocycles. The molecule has 0 aliphatic heterocycles. The normalized spacial score (nSPS) is 12.4. The van der Waals surface area contributed by atoms with Gasteiger partial charge in [0, 0.05) is 18.8 Å². The molecule has 1 N–H and O–H groups in total. The van der Waals surface area contributed by atoms with Crippen LogP contribution in [0.1, 0.15) is 12.5 Å². The number of hydrogen-bond donors (Lipinski definition) is 1. The lowest BCUT2D eigenvalue weighted by Crippen LogP contribution is -2.23. The summed E-state index contributed by atoms with van der Waals surface area (Å²) in [5.74, 6) is -0.147. The second kappa shape index (κ2) is 6.94. The van der Waals surface area contributed by atoms with Gasteiger partial charge in [-0.15, -0.1) is 13.2 Å². The second-order valence-electron chi connectivity index (χ2n) is 4.10. The van der Waals surface area contributed by atoms with E-state index in [1.807, 2.05) is 0 Å². The zero-order valence-corrected chi connectivity index (χ0v) is 11.7. The van der Waals surface area contributed by atoms with Crippen molar-refractivity contribution in [1.82, 2.24) is 5.32 Å². The summed E-state index contributed by atoms with van der Waals surface area (Å²) in [5, 5.41) is 2.92. The number of hydrogen-bond acceptors (Lipinski definition) is 4. The SMILES string of the molecule is CCS(=O)(=O)CCNCc1ccc(OC(F)(F)F)cc1. The topological polar surface area (TPSA) is 55.4 Å². The van der Waals surface area contributed by atoms with E-state index in [9.17, 15) is 21.6 Å². The molecule has 4 nitrogen and oxygen atoms in total. The summed E-state index contributed by atoms with van der Waals surface area (Å²) >= 11 is 0. The fraction of sp³-hybridized carbons (Fsp3) is 0.500. The molecule has 0 aliphatic carbocycles. The van der Waals surface area contributed by atoms with Crippen LogP contribution >= 0.6 is 0 Å². The van der Waals surface area contributed by atoms with Crippen LogP contribution in [0.3, 0.4) is 0 Å². The number of alkyl halides is 3. The van der Waals surface area contributed by atoms with Crippen molar-refractivity contribution in [3.63, 3.8) is 0 Å². The highest BCUT2D eigenvalue weighted by Crippen LogP contribution is 2.22. The molecular weight excluding hydrogens is 295 g/mol. The van der Waals surface area contributed by atoms with Gasteiger partial charge in [0.1, 0.15) is 5.75 Å². The van der Waals surface area contributed by atoms with E-state index < -0.39 is 16.2 Å². The van der Waals surface area contributed by atoms with Crippen molar-refractivity contribution in [2.24, 2.45) is 0 Å². The molecule has 0 radical (unpaired) electrons. The molecule has 8 heteroatoms. The Morgan fingerprint density at radius 3 is 2.30 bits per heavy atom. The second-order valence-corrected chi connectivity index (χ2v) is 6.58. The molecule has 0 aliphatic rings. The van der Waals surface area contributed by atoms with E-state index in [2.05, 4.69) is 10.1 Å². The molecule has 1 aromatic rings. The van der Waals surface area contributed by atoms with Crippen molar-refractivity contribution in [2.45, 2.75) is 19.8 Å². The van der Waals surface area contributed by atoms with Gasteiger partial charge in [0.2, 0.25) is 0 Å². The third-order valence-corrected chi connectivity index (χ3v) is 4.22. The molecule has 114 valence electrons. The van der Waals surface area contributed by atoms with Gasteiger partial charge in [-0.3, -0.25) is 0 Å². The average molecular weight is 311 g/mol. The Morgan fingerprint density at radius 2 is 1.80 bits per heavy atom. The molecule has 20 heavy (non-hydrogen) atoms. The average Bonchev–Trinajstić information content (AvgIpc) is 2.35. The van der Waals surface area contributed by atoms with Crippen LogP contribution in [0.2, 0.25) is 0 Å². The molecule has 0 bridgehead atoms. The molecular formula is C12H16F3NO3S. The lowest BCUT2D eigenvalue weighted by Gasteiger charge is -2.09. The first-order valence-electron chi connectivity index (χ1n) is 5.98. The minimum atomic E-state index is -4.70. The van der Waals surface area contributed by atoms with Gasteiger partial charge < -0.3 is 10.1 Å². The standard InChI is InChI=1S/C12H16F3NO3S/c1-2-20(17,18)8-7-16-9-10-3-5-11(6-4-10)19-12(13,14)15/h3-6,16H,2,7-9H2,1H3. The van der Waals surface area contributed by atoms with Gasteiger partial charge in [-0.2, -0.15) is 0 Å². The fourth-order valence-corrected chi connectivity index (χ4v) is 2.16. The third-order valence-electron chi connectivity index (χ3n) is 2.52. The monoisotopic (exact) mass is 311 g/mol. The maximum atomic E-state index is 11.9. The largest absolute Gasteiger partial charge is 0.573 e. The number of nitrogens with one attached hydrogen (secondary N) is 1. The van der Waals surface area contributed by atoms with E-state index in [4.69, 9.17) is 0 Å². The van der Waals surface area contributed by atoms with E-state index in [1.165, 1.54) is 24.3 Å². The Morgan fingerprint density at radius 1 is 1.20 bits per heavy atom. The van der Waals surface area contributed by atoms with Crippen LogP contribution in [0.15, 0.2) is 24.3 Å². The molecule has 0 unspecified atom stereocenters. The number of benzene rings is 1. The van der Waals surface area contributed by atoms with Crippen LogP contribution in [0.25, 0.3) is 0 Å². The first-order chi connectivity index (χ1) is 9.22. The Labute approximate surface area is 115 Å². The van der Waals surface area contributed by atoms with E-state index in [0.29, 0.717) is 13.1 Å². The third kappa shape index (κ3) is 6.76. The van der Waals surface area contributed by atoms with Crippen LogP contribution in [-0.2, 0) is 16.4 Å². The zero-order valence-electron chi connectivity index (χ0n) is 10.9. The summed E-state index contributed by atoms with van der Waals surface area (Å²) in [5.41, 5.74) is 0.744. The molecule has 1 rings (SSSR count). The van der Waals surface area contributed by atoms with Gasteiger partial charge in [0.05, 0.1) is 5.75 Å². The van der Waals surface area contributed by atoms with E-state index in [0.717, 1.165) is 5.56 Å². The van der Waals surface area contributed by atoms with E-state index in [1.54, 1.807) is 6.92 Å². The van der Waals surface area contributed by atoms with Gasteiger partial charge in [-0.05, 0) is 17.7 Å². The predicted molar refractivity (Wildman–Crippen MR) is 69.2 cm³/mol. The maximum absolute atomic E-state index is 11.9. The van der Waals surface area contributed by atoms with Gasteiger partial charge in [0.25, 0.3) is 0 Å². The molecule has 0 saturated carbocycles. The van der Waals surface area contributed by atoms with E-state index in [-0.39, 0.29) is 17.3 Å². The van der Waals surface area contributed by atoms with Crippen molar-refractivity contribution in [2.75, 3.05) is 18.1 Å². The summed E-state index contributed by atoms with van der Waals surface area (Å²) in [7, 11) is -3.01. The molecule has 0 heterocycles. The quantitative estimate of drug-likeness (QED) is 0.784. The Bertz CT molecular complexity index is 512. The van der Waals surface area contributed by atoms with Gasteiger partial charge in [0.15, 0.2) is 9.84 Å². The maximum Gasteiger partial charge on any atom is 0.573 e. The number of sulfone groups is 1. The summed E-state index contributed by atoms with van der Waals surface area (Å²) in [4.78, 5) is 0. The first-order valence-corrected chi connectivity index (χ1v) is 7.80. The molecule has 0 spiro atoms. The minimum Gasteiger partial charge on any atom is -0.406 e. The highest BCUT2D eigenvalue weighted by Gasteiger charge is 2.30. The predicted octanol–water partition coefficient (Wildman–Crippen LogP) is 2.11. The van der Waals surface area contributed by atoms with Crippen molar-refractivity contribution < 1.29 is 26.3 Å². The lowest BCUT2D eigenvalue weighted by molar-refractivity contribution is -0.274. The number of halogens is 3. The van der Waals surface area contributed by atoms with Crippen molar-refractivity contribution >= 4 is 9.84 Å². The summed E-state index contributed by atoms with van der Waals surface area (Å²) in [6, 6.07) is 5.41. The Kier molecular flexibility index (Phi) is 5.82. The Hall–Kier alpha value is -1.28. The smallest absolute Gasteiger partial charge is 0.406 e. The van der Waals surface area contributed by atoms with Gasteiger partial charge >= 0.3 is 6.36 Å². The first kappa shape index (κ1) is 16.8. The van der Waals surface area contributed by atoms with Crippen LogP contribution in [0.4, 0.5) is 13.2 Å². The molecule has 1 aromatic carbocycles. The highest BCUT2D eigenvalue weighted by atomic mass is 32.2. The minimum absolute atomic E-state index is 0.0404. The van der Waals surface area contributed by atoms with Crippen LogP contribution in [0, 0.1) is 0 Å². The van der Waals surface area contributed by atoms with Gasteiger partial charge in [-0.1, -0.05) is 19.1 Å². The van der Waals surface area contributed by atoms with E-state index >= 15 is 0 Å². The van der Waals surface area contributed by atoms with Crippen molar-refractivity contribution in [3.8, 4) is 5.75 Å². The number of ether oxygens (including phenoxy) is 1. The Balaban J connectivity index is 2.39.